The second kappa shape index (κ2) is 12.6. The monoisotopic (exact) mass is 712 g/mol. The van der Waals surface area contributed by atoms with Gasteiger partial charge in [0.05, 0.1) is 11.8 Å². The number of ether oxygens (including phenoxy) is 2. The van der Waals surface area contributed by atoms with Crippen LogP contribution in [-0.4, -0.2) is 46.0 Å². The van der Waals surface area contributed by atoms with Crippen molar-refractivity contribution in [2.45, 2.75) is 24.0 Å². The van der Waals surface area contributed by atoms with Crippen LogP contribution in [0, 0.1) is 0 Å². The molecule has 0 saturated carbocycles. The molecule has 0 spiro atoms. The molecule has 8 rings (SSSR count). The summed E-state index contributed by atoms with van der Waals surface area (Å²) in [6, 6.07) is 25.0. The molecule has 4 atom stereocenters. The zero-order valence-electron chi connectivity index (χ0n) is 27.6. The van der Waals surface area contributed by atoms with Crippen LogP contribution in [0.1, 0.15) is 68.6 Å². The minimum absolute atomic E-state index is 0.125. The van der Waals surface area contributed by atoms with E-state index in [1.165, 1.54) is 48.5 Å². The standard InChI is InChI=1S/C42H32O11/c43-24-5-3-20(4-6-24)1-2-21-11-34(51)38-35(12-21)52-41(36(38)22-13-26(45)17-27(46)14-22)31-9-10-32(49)39-37(23-15-28(47)18-29(48)16-23)40(53-42(31)39)30-8-7-25(44)19-33(30)50/h1-19,36-37,40-41,43-51H. The van der Waals surface area contributed by atoms with Gasteiger partial charge in [0.15, 0.2) is 0 Å². The Balaban J connectivity index is 1.30. The number of phenolic OH excluding ortho intramolecular Hbond substituents is 9. The molecular weight excluding hydrogens is 680 g/mol. The maximum absolute atomic E-state index is 11.6. The first-order chi connectivity index (χ1) is 25.4. The minimum atomic E-state index is -1.05. The van der Waals surface area contributed by atoms with Crippen molar-refractivity contribution in [1.82, 2.24) is 0 Å². The third-order valence-electron chi connectivity index (χ3n) is 9.63. The third-order valence-corrected chi connectivity index (χ3v) is 9.63. The van der Waals surface area contributed by atoms with Crippen LogP contribution in [-0.2, 0) is 0 Å². The lowest BCUT2D eigenvalue weighted by atomic mass is 9.81. The molecule has 53 heavy (non-hydrogen) atoms. The van der Waals surface area contributed by atoms with Crippen molar-refractivity contribution in [3.63, 3.8) is 0 Å². The van der Waals surface area contributed by atoms with Crippen molar-refractivity contribution in [3.05, 3.63) is 148 Å². The Morgan fingerprint density at radius 1 is 0.396 bits per heavy atom. The van der Waals surface area contributed by atoms with E-state index in [2.05, 4.69) is 0 Å². The topological polar surface area (TPSA) is 201 Å². The molecule has 6 aromatic rings. The van der Waals surface area contributed by atoms with Gasteiger partial charge in [-0.2, -0.15) is 0 Å². The molecule has 4 unspecified atom stereocenters. The van der Waals surface area contributed by atoms with Crippen molar-refractivity contribution < 1.29 is 55.4 Å². The van der Waals surface area contributed by atoms with Crippen LogP contribution < -0.4 is 9.47 Å². The van der Waals surface area contributed by atoms with Gasteiger partial charge in [0, 0.05) is 40.5 Å². The number of phenols is 9. The van der Waals surface area contributed by atoms with Gasteiger partial charge in [0.25, 0.3) is 0 Å². The molecular formula is C42H32O11. The second-order valence-electron chi connectivity index (χ2n) is 13.1. The Labute approximate surface area is 302 Å². The highest BCUT2D eigenvalue weighted by Crippen LogP contribution is 2.61. The maximum Gasteiger partial charge on any atom is 0.138 e. The summed E-state index contributed by atoms with van der Waals surface area (Å²) in [4.78, 5) is 0. The first-order valence-electron chi connectivity index (χ1n) is 16.5. The summed E-state index contributed by atoms with van der Waals surface area (Å²) in [5.74, 6) is -2.90. The number of benzene rings is 6. The Hall–Kier alpha value is -7.14. The predicted molar refractivity (Wildman–Crippen MR) is 193 cm³/mol. The van der Waals surface area contributed by atoms with E-state index in [1.54, 1.807) is 54.6 Å². The van der Waals surface area contributed by atoms with Crippen LogP contribution >= 0.6 is 0 Å². The lowest BCUT2D eigenvalue weighted by Crippen LogP contribution is -2.13. The molecule has 9 N–H and O–H groups in total. The van der Waals surface area contributed by atoms with Gasteiger partial charge in [-0.3, -0.25) is 0 Å². The lowest BCUT2D eigenvalue weighted by molar-refractivity contribution is 0.192. The van der Waals surface area contributed by atoms with Gasteiger partial charge in [0.1, 0.15) is 75.5 Å². The summed E-state index contributed by atoms with van der Waals surface area (Å²) in [5, 5.41) is 95.7. The average molecular weight is 713 g/mol. The summed E-state index contributed by atoms with van der Waals surface area (Å²) in [6.45, 7) is 0. The van der Waals surface area contributed by atoms with E-state index in [4.69, 9.17) is 9.47 Å². The molecule has 2 aliphatic heterocycles. The molecule has 266 valence electrons. The molecule has 0 radical (unpaired) electrons. The predicted octanol–water partition coefficient (Wildman–Crippen LogP) is 7.74. The van der Waals surface area contributed by atoms with E-state index >= 15 is 0 Å². The Kier molecular flexibility index (Phi) is 7.83. The van der Waals surface area contributed by atoms with Crippen molar-refractivity contribution in [2.24, 2.45) is 0 Å². The Bertz CT molecular complexity index is 2400. The first-order valence-corrected chi connectivity index (χ1v) is 16.5. The number of hydrogen-bond acceptors (Lipinski definition) is 11. The normalized spacial score (nSPS) is 18.7. The zero-order valence-corrected chi connectivity index (χ0v) is 27.6. The van der Waals surface area contributed by atoms with Crippen LogP contribution in [0.3, 0.4) is 0 Å². The highest BCUT2D eigenvalue weighted by molar-refractivity contribution is 5.73. The fourth-order valence-electron chi connectivity index (χ4n) is 7.42. The second-order valence-corrected chi connectivity index (χ2v) is 13.1. The molecule has 2 aliphatic rings. The fourth-order valence-corrected chi connectivity index (χ4v) is 7.42. The maximum atomic E-state index is 11.6. The van der Waals surface area contributed by atoms with E-state index in [9.17, 15) is 46.0 Å². The van der Waals surface area contributed by atoms with E-state index in [1.807, 2.05) is 0 Å². The zero-order chi connectivity index (χ0) is 37.1. The van der Waals surface area contributed by atoms with Gasteiger partial charge in [-0.1, -0.05) is 24.3 Å². The van der Waals surface area contributed by atoms with Gasteiger partial charge >= 0.3 is 0 Å². The van der Waals surface area contributed by atoms with E-state index < -0.39 is 24.0 Å². The largest absolute Gasteiger partial charge is 0.508 e. The lowest BCUT2D eigenvalue weighted by Gasteiger charge is -2.23. The molecule has 0 fully saturated rings. The quantitative estimate of drug-likeness (QED) is 0.0765. The van der Waals surface area contributed by atoms with Crippen LogP contribution in [0.15, 0.2) is 103 Å². The summed E-state index contributed by atoms with van der Waals surface area (Å²) in [7, 11) is 0. The summed E-state index contributed by atoms with van der Waals surface area (Å²) in [6.07, 6.45) is 1.55. The van der Waals surface area contributed by atoms with E-state index in [-0.39, 0.29) is 68.6 Å². The molecule has 11 heteroatoms. The average Bonchev–Trinajstić information content (AvgIpc) is 3.68. The molecule has 0 aliphatic carbocycles. The van der Waals surface area contributed by atoms with Crippen molar-refractivity contribution in [1.29, 1.82) is 0 Å². The van der Waals surface area contributed by atoms with Crippen molar-refractivity contribution in [2.75, 3.05) is 0 Å². The fraction of sp³-hybridized carbons (Fsp3) is 0.0952. The highest BCUT2D eigenvalue weighted by Gasteiger charge is 2.47. The molecule has 0 amide bonds. The molecule has 11 nitrogen and oxygen atoms in total. The van der Waals surface area contributed by atoms with E-state index in [0.717, 1.165) is 17.7 Å². The smallest absolute Gasteiger partial charge is 0.138 e. The van der Waals surface area contributed by atoms with Gasteiger partial charge in [-0.15, -0.1) is 0 Å². The summed E-state index contributed by atoms with van der Waals surface area (Å²) >= 11 is 0. The van der Waals surface area contributed by atoms with Crippen molar-refractivity contribution in [3.8, 4) is 63.2 Å². The number of aromatic hydroxyl groups is 9. The minimum Gasteiger partial charge on any atom is -0.508 e. The number of hydrogen-bond donors (Lipinski definition) is 9. The number of rotatable bonds is 6. The molecule has 0 aromatic heterocycles. The third kappa shape index (κ3) is 5.93. The Morgan fingerprint density at radius 2 is 0.943 bits per heavy atom. The van der Waals surface area contributed by atoms with Crippen molar-refractivity contribution >= 4 is 12.2 Å². The molecule has 2 heterocycles. The molecule has 6 aromatic carbocycles. The van der Waals surface area contributed by atoms with Gasteiger partial charge in [-0.05, 0) is 95.1 Å². The molecule has 0 bridgehead atoms. The number of fused-ring (bicyclic) bond motifs is 2. The molecule has 0 saturated heterocycles. The summed E-state index contributed by atoms with van der Waals surface area (Å²) in [5.41, 5.74) is 3.40. The Morgan fingerprint density at radius 3 is 1.57 bits per heavy atom. The van der Waals surface area contributed by atoms with Gasteiger partial charge < -0.3 is 55.4 Å². The first kappa shape index (κ1) is 33.0. The van der Waals surface area contributed by atoms with Crippen LogP contribution in [0.25, 0.3) is 12.2 Å². The highest BCUT2D eigenvalue weighted by atomic mass is 16.5. The van der Waals surface area contributed by atoms with Crippen LogP contribution in [0.5, 0.6) is 63.2 Å². The van der Waals surface area contributed by atoms with Crippen LogP contribution in [0.4, 0.5) is 0 Å². The van der Waals surface area contributed by atoms with E-state index in [0.29, 0.717) is 33.6 Å². The van der Waals surface area contributed by atoms with Gasteiger partial charge in [0.2, 0.25) is 0 Å². The van der Waals surface area contributed by atoms with Crippen LogP contribution in [0.2, 0.25) is 0 Å². The SMILES string of the molecule is Oc1ccc(C=Cc2cc(O)c3c(c2)OC(c2ccc(O)c4c2OC(c2ccc(O)cc2O)C4c2cc(O)cc(O)c2)C3c2cc(O)cc(O)c2)cc1. The summed E-state index contributed by atoms with van der Waals surface area (Å²) < 4.78 is 13.3. The van der Waals surface area contributed by atoms with Gasteiger partial charge in [-0.25, -0.2) is 0 Å².